The first-order chi connectivity index (χ1) is 16.2. The highest BCUT2D eigenvalue weighted by molar-refractivity contribution is 7.99. The van der Waals surface area contributed by atoms with Crippen molar-refractivity contribution < 1.29 is 19.1 Å². The molecule has 0 aromatic carbocycles. The van der Waals surface area contributed by atoms with Gasteiger partial charge >= 0.3 is 6.09 Å². The molecule has 2 aliphatic heterocycles. The Balaban J connectivity index is 1.22. The zero-order valence-corrected chi connectivity index (χ0v) is 20.5. The Hall–Kier alpha value is -3.02. The summed E-state index contributed by atoms with van der Waals surface area (Å²) < 4.78 is 7.08. The zero-order valence-electron chi connectivity index (χ0n) is 19.6. The van der Waals surface area contributed by atoms with Gasteiger partial charge in [0.25, 0.3) is 0 Å². The monoisotopic (exact) mass is 487 g/mol. The lowest BCUT2D eigenvalue weighted by Gasteiger charge is -2.34. The van der Waals surface area contributed by atoms with Gasteiger partial charge in [0.15, 0.2) is 0 Å². The Bertz CT molecular complexity index is 1030. The molecule has 0 radical (unpaired) electrons. The number of tetrazole rings is 1. The summed E-state index contributed by atoms with van der Waals surface area (Å²) >= 11 is 1.62. The summed E-state index contributed by atoms with van der Waals surface area (Å²) in [5, 5.41) is 12.6. The number of pyridine rings is 1. The van der Waals surface area contributed by atoms with Crippen LogP contribution in [-0.4, -0.2) is 77.8 Å². The maximum absolute atomic E-state index is 12.5. The van der Waals surface area contributed by atoms with E-state index in [0.717, 1.165) is 23.6 Å². The summed E-state index contributed by atoms with van der Waals surface area (Å²) in [7, 11) is 1.81. The molecule has 4 rings (SSSR count). The quantitative estimate of drug-likeness (QED) is 0.563. The predicted molar refractivity (Wildman–Crippen MR) is 123 cm³/mol. The number of piperidine rings is 2. The van der Waals surface area contributed by atoms with Crippen LogP contribution in [0.4, 0.5) is 4.79 Å². The molecule has 0 unspecified atom stereocenters. The van der Waals surface area contributed by atoms with Crippen LogP contribution in [0, 0.1) is 5.41 Å². The second-order valence-electron chi connectivity index (χ2n) is 9.47. The number of nitrogens with zero attached hydrogens (tertiary/aromatic N) is 7. The first kappa shape index (κ1) is 24.1. The summed E-state index contributed by atoms with van der Waals surface area (Å²) in [6, 6.07) is 3.44. The molecule has 12 heteroatoms. The third-order valence-electron chi connectivity index (χ3n) is 6.03. The van der Waals surface area contributed by atoms with Gasteiger partial charge < -0.3 is 9.64 Å². The van der Waals surface area contributed by atoms with Crippen LogP contribution in [0.2, 0.25) is 0 Å². The molecule has 2 aromatic rings. The molecule has 182 valence electrons. The molecule has 2 fully saturated rings. The van der Waals surface area contributed by atoms with Gasteiger partial charge in [-0.3, -0.25) is 14.5 Å². The zero-order chi connectivity index (χ0) is 24.3. The molecule has 0 spiro atoms. The van der Waals surface area contributed by atoms with Crippen molar-refractivity contribution in [1.29, 1.82) is 0 Å². The van der Waals surface area contributed by atoms with E-state index in [1.165, 1.54) is 4.90 Å². The lowest BCUT2D eigenvalue weighted by atomic mass is 9.81. The molecular weight excluding hydrogens is 458 g/mol. The van der Waals surface area contributed by atoms with E-state index in [2.05, 4.69) is 20.5 Å². The van der Waals surface area contributed by atoms with Crippen LogP contribution in [0.3, 0.4) is 0 Å². The Kier molecular flexibility index (Phi) is 7.15. The van der Waals surface area contributed by atoms with E-state index in [4.69, 9.17) is 4.74 Å². The highest BCUT2D eigenvalue weighted by atomic mass is 32.2. The van der Waals surface area contributed by atoms with Crippen LogP contribution >= 0.6 is 11.8 Å². The molecule has 2 aliphatic rings. The molecule has 4 heterocycles. The molecule has 34 heavy (non-hydrogen) atoms. The van der Waals surface area contributed by atoms with Crippen LogP contribution in [-0.2, 0) is 23.1 Å². The van der Waals surface area contributed by atoms with E-state index in [-0.39, 0.29) is 23.1 Å². The SMILES string of the molecule is Cn1nnnc1SC1CCN(C(=O)Oc2ccc(CCN3C(=O)CC(C)(C)CC3=O)cn2)CC1. The summed E-state index contributed by atoms with van der Waals surface area (Å²) in [5.74, 6) is -0.0346. The van der Waals surface area contributed by atoms with Crippen molar-refractivity contribution in [3.63, 3.8) is 0 Å². The number of hydrogen-bond acceptors (Lipinski definition) is 9. The first-order valence-corrected chi connectivity index (χ1v) is 12.2. The van der Waals surface area contributed by atoms with Gasteiger partial charge in [0.05, 0.1) is 0 Å². The Morgan fingerprint density at radius 1 is 1.18 bits per heavy atom. The van der Waals surface area contributed by atoms with Gasteiger partial charge in [-0.25, -0.2) is 14.5 Å². The van der Waals surface area contributed by atoms with Gasteiger partial charge in [0.1, 0.15) is 0 Å². The normalized spacial score (nSPS) is 18.9. The predicted octanol–water partition coefficient (Wildman–Crippen LogP) is 2.08. The van der Waals surface area contributed by atoms with E-state index in [0.29, 0.717) is 44.1 Å². The summed E-state index contributed by atoms with van der Waals surface area (Å²) in [5.41, 5.74) is 0.584. The third kappa shape index (κ3) is 5.91. The second kappa shape index (κ2) is 10.1. The molecule has 2 saturated heterocycles. The fourth-order valence-corrected chi connectivity index (χ4v) is 5.12. The van der Waals surface area contributed by atoms with Crippen molar-refractivity contribution in [1.82, 2.24) is 35.0 Å². The third-order valence-corrected chi connectivity index (χ3v) is 7.39. The minimum Gasteiger partial charge on any atom is -0.391 e. The van der Waals surface area contributed by atoms with Crippen LogP contribution in [0.25, 0.3) is 0 Å². The average Bonchev–Trinajstić information content (AvgIpc) is 3.18. The molecule has 2 aromatic heterocycles. The number of ether oxygens (including phenoxy) is 1. The van der Waals surface area contributed by atoms with E-state index in [1.807, 2.05) is 13.8 Å². The van der Waals surface area contributed by atoms with Crippen LogP contribution in [0.5, 0.6) is 5.88 Å². The largest absolute Gasteiger partial charge is 0.416 e. The van der Waals surface area contributed by atoms with Gasteiger partial charge in [-0.05, 0) is 40.7 Å². The van der Waals surface area contributed by atoms with Gasteiger partial charge in [-0.2, -0.15) is 0 Å². The second-order valence-corrected chi connectivity index (χ2v) is 10.7. The highest BCUT2D eigenvalue weighted by Crippen LogP contribution is 2.31. The standard InChI is InChI=1S/C22H29N7O4S/c1-22(2)12-18(30)29(19(31)13-22)11-6-15-4-5-17(23-14-15)33-21(32)28-9-7-16(8-10-28)34-20-24-25-26-27(20)3/h4-5,14,16H,6-13H2,1-3H3. The maximum atomic E-state index is 12.5. The Morgan fingerprint density at radius 3 is 2.47 bits per heavy atom. The van der Waals surface area contributed by atoms with Crippen molar-refractivity contribution in [3.8, 4) is 5.88 Å². The number of likely N-dealkylation sites (tertiary alicyclic amines) is 2. The smallest absolute Gasteiger partial charge is 0.391 e. The number of aryl methyl sites for hydroxylation is 1. The van der Waals surface area contributed by atoms with Gasteiger partial charge in [-0.15, -0.1) is 5.10 Å². The molecule has 0 aliphatic carbocycles. The fourth-order valence-electron chi connectivity index (χ4n) is 4.10. The van der Waals surface area contributed by atoms with Crippen molar-refractivity contribution in [2.75, 3.05) is 19.6 Å². The number of aromatic nitrogens is 5. The molecule has 0 atom stereocenters. The molecule has 0 N–H and O–H groups in total. The van der Waals surface area contributed by atoms with Gasteiger partial charge in [-0.1, -0.05) is 31.7 Å². The number of imide groups is 1. The fraction of sp³-hybridized carbons (Fsp3) is 0.591. The topological polar surface area (TPSA) is 123 Å². The van der Waals surface area contributed by atoms with Crippen LogP contribution in [0.1, 0.15) is 45.1 Å². The van der Waals surface area contributed by atoms with Crippen LogP contribution < -0.4 is 4.74 Å². The number of carbonyl (C=O) groups excluding carboxylic acids is 3. The van der Waals surface area contributed by atoms with Gasteiger partial charge in [0.2, 0.25) is 22.9 Å². The summed E-state index contributed by atoms with van der Waals surface area (Å²) in [4.78, 5) is 44.4. The number of hydrogen-bond donors (Lipinski definition) is 0. The summed E-state index contributed by atoms with van der Waals surface area (Å²) in [6.07, 6.45) is 4.09. The Morgan fingerprint density at radius 2 is 1.88 bits per heavy atom. The van der Waals surface area contributed by atoms with Crippen molar-refractivity contribution >= 4 is 29.7 Å². The van der Waals surface area contributed by atoms with E-state index in [9.17, 15) is 14.4 Å². The highest BCUT2D eigenvalue weighted by Gasteiger charge is 2.37. The van der Waals surface area contributed by atoms with Crippen molar-refractivity contribution in [2.24, 2.45) is 12.5 Å². The number of thioether (sulfide) groups is 1. The number of carbonyl (C=O) groups is 3. The Labute approximate surface area is 202 Å². The minimum atomic E-state index is -0.420. The number of rotatable bonds is 6. The van der Waals surface area contributed by atoms with Crippen LogP contribution in [0.15, 0.2) is 23.5 Å². The maximum Gasteiger partial charge on any atom is 0.416 e. The number of amides is 3. The first-order valence-electron chi connectivity index (χ1n) is 11.3. The van der Waals surface area contributed by atoms with E-state index >= 15 is 0 Å². The average molecular weight is 488 g/mol. The molecule has 3 amide bonds. The van der Waals surface area contributed by atoms with E-state index in [1.54, 1.807) is 46.7 Å². The van der Waals surface area contributed by atoms with Crippen molar-refractivity contribution in [2.45, 2.75) is 56.4 Å². The summed E-state index contributed by atoms with van der Waals surface area (Å²) in [6.45, 7) is 5.38. The molecule has 0 saturated carbocycles. The van der Waals surface area contributed by atoms with Gasteiger partial charge in [0, 0.05) is 57.0 Å². The minimum absolute atomic E-state index is 0.129. The van der Waals surface area contributed by atoms with Crippen molar-refractivity contribution in [3.05, 3.63) is 23.9 Å². The lowest BCUT2D eigenvalue weighted by Crippen LogP contribution is -2.46. The molecular formula is C22H29N7O4S. The molecule has 0 bridgehead atoms. The molecule has 11 nitrogen and oxygen atoms in total. The lowest BCUT2D eigenvalue weighted by molar-refractivity contribution is -0.152. The van der Waals surface area contributed by atoms with E-state index < -0.39 is 6.09 Å².